The summed E-state index contributed by atoms with van der Waals surface area (Å²) in [6.07, 6.45) is 0.879. The van der Waals surface area contributed by atoms with Gasteiger partial charge in [-0.15, -0.1) is 0 Å². The lowest BCUT2D eigenvalue weighted by Crippen LogP contribution is -2.21. The van der Waals surface area contributed by atoms with Gasteiger partial charge in [0.15, 0.2) is 17.5 Å². The number of methoxy groups -OCH3 is 1. The largest absolute Gasteiger partial charge is 0.383 e. The van der Waals surface area contributed by atoms with Crippen molar-refractivity contribution in [3.05, 3.63) is 35.1 Å². The molecule has 0 aromatic heterocycles. The molecule has 0 saturated heterocycles. The quantitative estimate of drug-likeness (QED) is 0.626. The first-order chi connectivity index (χ1) is 8.63. The molecule has 0 radical (unpaired) electrons. The van der Waals surface area contributed by atoms with Gasteiger partial charge in [0.2, 0.25) is 0 Å². The van der Waals surface area contributed by atoms with Crippen LogP contribution in [0.5, 0.6) is 0 Å². The summed E-state index contributed by atoms with van der Waals surface area (Å²) in [4.78, 5) is 0. The molecule has 2 nitrogen and oxygen atoms in total. The SMILES string of the molecule is COCCNCC1CC1c1cc(F)c(F)c(F)c1. The average molecular weight is 259 g/mol. The zero-order valence-electron chi connectivity index (χ0n) is 10.2. The van der Waals surface area contributed by atoms with Crippen LogP contribution in [0.2, 0.25) is 0 Å². The number of halogens is 3. The topological polar surface area (TPSA) is 21.3 Å². The minimum Gasteiger partial charge on any atom is -0.383 e. The molecule has 18 heavy (non-hydrogen) atoms. The third-order valence-corrected chi connectivity index (χ3v) is 3.25. The first kappa shape index (κ1) is 13.4. The number of rotatable bonds is 6. The predicted octanol–water partition coefficient (Wildman–Crippen LogP) is 2.44. The van der Waals surface area contributed by atoms with Gasteiger partial charge in [0.1, 0.15) is 0 Å². The van der Waals surface area contributed by atoms with Gasteiger partial charge in [0.05, 0.1) is 6.61 Å². The fraction of sp³-hybridized carbons (Fsp3) is 0.538. The number of hydrogen-bond donors (Lipinski definition) is 1. The lowest BCUT2D eigenvalue weighted by Gasteiger charge is -2.04. The summed E-state index contributed by atoms with van der Waals surface area (Å²) in [5, 5.41) is 3.20. The van der Waals surface area contributed by atoms with Crippen LogP contribution in [0.25, 0.3) is 0 Å². The van der Waals surface area contributed by atoms with Gasteiger partial charge >= 0.3 is 0 Å². The maximum atomic E-state index is 13.1. The first-order valence-corrected chi connectivity index (χ1v) is 5.97. The van der Waals surface area contributed by atoms with E-state index in [1.807, 2.05) is 0 Å². The Balaban J connectivity index is 1.87. The molecule has 0 bridgehead atoms. The van der Waals surface area contributed by atoms with Crippen LogP contribution in [0.1, 0.15) is 17.9 Å². The molecule has 2 rings (SSSR count). The van der Waals surface area contributed by atoms with Crippen LogP contribution in [-0.4, -0.2) is 26.8 Å². The molecule has 1 fully saturated rings. The molecule has 0 spiro atoms. The van der Waals surface area contributed by atoms with E-state index in [0.717, 1.165) is 31.6 Å². The Morgan fingerprint density at radius 1 is 1.28 bits per heavy atom. The summed E-state index contributed by atoms with van der Waals surface area (Å²) in [5.74, 6) is -3.11. The Hall–Kier alpha value is -1.07. The Kier molecular flexibility index (Phi) is 4.24. The molecule has 2 unspecified atom stereocenters. The molecule has 1 saturated carbocycles. The smallest absolute Gasteiger partial charge is 0.194 e. The van der Waals surface area contributed by atoms with Gasteiger partial charge < -0.3 is 10.1 Å². The molecule has 1 aromatic rings. The minimum atomic E-state index is -1.39. The average Bonchev–Trinajstić information content (AvgIpc) is 3.10. The Bertz CT molecular complexity index is 402. The number of hydrogen-bond acceptors (Lipinski definition) is 2. The predicted molar refractivity (Wildman–Crippen MR) is 61.9 cm³/mol. The number of nitrogens with one attached hydrogen (secondary N) is 1. The molecule has 0 heterocycles. The van der Waals surface area contributed by atoms with E-state index in [9.17, 15) is 13.2 Å². The van der Waals surface area contributed by atoms with Gasteiger partial charge in [-0.3, -0.25) is 0 Å². The van der Waals surface area contributed by atoms with Gasteiger partial charge in [0.25, 0.3) is 0 Å². The van der Waals surface area contributed by atoms with Crippen LogP contribution < -0.4 is 5.32 Å². The zero-order chi connectivity index (χ0) is 13.1. The third kappa shape index (κ3) is 3.03. The second-order valence-corrected chi connectivity index (χ2v) is 4.60. The summed E-state index contributed by atoms with van der Waals surface area (Å²) in [5.41, 5.74) is 0.546. The maximum absolute atomic E-state index is 13.1. The fourth-order valence-electron chi connectivity index (χ4n) is 2.13. The standard InChI is InChI=1S/C13H16F3NO/c1-18-3-2-17-7-9-4-10(9)8-5-11(14)13(16)12(15)6-8/h5-6,9-10,17H,2-4,7H2,1H3. The number of ether oxygens (including phenoxy) is 1. The summed E-state index contributed by atoms with van der Waals surface area (Å²) in [6.45, 7) is 2.18. The molecule has 1 aliphatic carbocycles. The van der Waals surface area contributed by atoms with E-state index in [1.54, 1.807) is 7.11 Å². The van der Waals surface area contributed by atoms with E-state index in [0.29, 0.717) is 18.1 Å². The van der Waals surface area contributed by atoms with Crippen LogP contribution >= 0.6 is 0 Å². The molecule has 0 aliphatic heterocycles. The highest BCUT2D eigenvalue weighted by Crippen LogP contribution is 2.47. The second kappa shape index (κ2) is 5.71. The van der Waals surface area contributed by atoms with Gasteiger partial charge in [-0.2, -0.15) is 0 Å². The molecular weight excluding hydrogens is 243 g/mol. The third-order valence-electron chi connectivity index (χ3n) is 3.25. The lowest BCUT2D eigenvalue weighted by molar-refractivity contribution is 0.199. The maximum Gasteiger partial charge on any atom is 0.194 e. The normalized spacial score (nSPS) is 22.2. The molecule has 5 heteroatoms. The molecule has 1 aromatic carbocycles. The summed E-state index contributed by atoms with van der Waals surface area (Å²) in [6, 6.07) is 2.19. The van der Waals surface area contributed by atoms with Crippen LogP contribution in [0.4, 0.5) is 13.2 Å². The van der Waals surface area contributed by atoms with Crippen LogP contribution in [-0.2, 0) is 4.74 Å². The minimum absolute atomic E-state index is 0.129. The van der Waals surface area contributed by atoms with Crippen molar-refractivity contribution < 1.29 is 17.9 Å². The van der Waals surface area contributed by atoms with Crippen molar-refractivity contribution in [1.29, 1.82) is 0 Å². The first-order valence-electron chi connectivity index (χ1n) is 5.97. The Morgan fingerprint density at radius 2 is 1.94 bits per heavy atom. The Morgan fingerprint density at radius 3 is 2.56 bits per heavy atom. The highest BCUT2D eigenvalue weighted by Gasteiger charge is 2.38. The van der Waals surface area contributed by atoms with Crippen molar-refractivity contribution in [3.63, 3.8) is 0 Å². The van der Waals surface area contributed by atoms with Crippen LogP contribution in [0, 0.1) is 23.4 Å². The molecule has 100 valence electrons. The van der Waals surface area contributed by atoms with Crippen molar-refractivity contribution in [1.82, 2.24) is 5.32 Å². The van der Waals surface area contributed by atoms with E-state index in [4.69, 9.17) is 4.74 Å². The lowest BCUT2D eigenvalue weighted by atomic mass is 10.1. The van der Waals surface area contributed by atoms with Gasteiger partial charge in [0, 0.05) is 13.7 Å². The summed E-state index contributed by atoms with van der Waals surface area (Å²) < 4.78 is 43.8. The summed E-state index contributed by atoms with van der Waals surface area (Å²) >= 11 is 0. The second-order valence-electron chi connectivity index (χ2n) is 4.60. The van der Waals surface area contributed by atoms with E-state index >= 15 is 0 Å². The molecular formula is C13H16F3NO. The highest BCUT2D eigenvalue weighted by molar-refractivity contribution is 5.28. The Labute approximate surface area is 104 Å². The van der Waals surface area contributed by atoms with E-state index in [1.165, 1.54) is 0 Å². The van der Waals surface area contributed by atoms with Crippen molar-refractivity contribution in [2.45, 2.75) is 12.3 Å². The molecule has 2 atom stereocenters. The summed E-state index contributed by atoms with van der Waals surface area (Å²) in [7, 11) is 1.63. The van der Waals surface area contributed by atoms with E-state index < -0.39 is 17.5 Å². The zero-order valence-corrected chi connectivity index (χ0v) is 10.2. The van der Waals surface area contributed by atoms with E-state index in [2.05, 4.69) is 5.32 Å². The van der Waals surface area contributed by atoms with Gasteiger partial charge in [-0.25, -0.2) is 13.2 Å². The fourth-order valence-corrected chi connectivity index (χ4v) is 2.13. The van der Waals surface area contributed by atoms with Crippen LogP contribution in [0.15, 0.2) is 12.1 Å². The molecule has 1 aliphatic rings. The van der Waals surface area contributed by atoms with Crippen LogP contribution in [0.3, 0.4) is 0 Å². The monoisotopic (exact) mass is 259 g/mol. The van der Waals surface area contributed by atoms with Gasteiger partial charge in [-0.1, -0.05) is 0 Å². The highest BCUT2D eigenvalue weighted by atomic mass is 19.2. The van der Waals surface area contributed by atoms with E-state index in [-0.39, 0.29) is 5.92 Å². The van der Waals surface area contributed by atoms with Gasteiger partial charge in [-0.05, 0) is 42.5 Å². The molecule has 0 amide bonds. The van der Waals surface area contributed by atoms with Crippen molar-refractivity contribution in [2.75, 3.05) is 26.8 Å². The number of benzene rings is 1. The van der Waals surface area contributed by atoms with Crippen molar-refractivity contribution >= 4 is 0 Å². The van der Waals surface area contributed by atoms with Crippen molar-refractivity contribution in [3.8, 4) is 0 Å². The molecule has 1 N–H and O–H groups in total. The van der Waals surface area contributed by atoms with Crippen molar-refractivity contribution in [2.24, 2.45) is 5.92 Å².